The summed E-state index contributed by atoms with van der Waals surface area (Å²) in [5, 5.41) is 0. The highest BCUT2D eigenvalue weighted by atomic mass is 16.5. The number of carbonyl (C=O) groups excluding carboxylic acids is 1. The number of hydrogen-bond acceptors (Lipinski definition) is 4. The van der Waals surface area contributed by atoms with Gasteiger partial charge in [-0.25, -0.2) is 0 Å². The third-order valence-electron chi connectivity index (χ3n) is 4.78. The Bertz CT molecular complexity index is 529. The molecule has 5 heteroatoms. The van der Waals surface area contributed by atoms with Crippen molar-refractivity contribution < 1.29 is 9.53 Å². The van der Waals surface area contributed by atoms with Crippen molar-refractivity contribution in [2.45, 2.75) is 31.9 Å². The lowest BCUT2D eigenvalue weighted by atomic mass is 10.1. The Kier molecular flexibility index (Phi) is 4.45. The van der Waals surface area contributed by atoms with Crippen molar-refractivity contribution in [3.8, 4) is 0 Å². The zero-order valence-corrected chi connectivity index (χ0v) is 13.7. The second-order valence-electron chi connectivity index (χ2n) is 6.69. The summed E-state index contributed by atoms with van der Waals surface area (Å²) in [6.45, 7) is 4.41. The van der Waals surface area contributed by atoms with Gasteiger partial charge in [-0.05, 0) is 46.0 Å². The highest BCUT2D eigenvalue weighted by Gasteiger charge is 2.49. The Labute approximate surface area is 132 Å². The number of carbonyl (C=O) groups is 1. The molecule has 1 aliphatic heterocycles. The second kappa shape index (κ2) is 6.34. The first-order valence-electron chi connectivity index (χ1n) is 8.06. The van der Waals surface area contributed by atoms with Crippen molar-refractivity contribution in [1.29, 1.82) is 0 Å². The highest BCUT2D eigenvalue weighted by molar-refractivity contribution is 5.94. The first-order chi connectivity index (χ1) is 10.6. The number of ether oxygens (including phenoxy) is 1. The molecule has 1 amide bonds. The lowest BCUT2D eigenvalue weighted by molar-refractivity contribution is 0.0201. The van der Waals surface area contributed by atoms with E-state index in [0.717, 1.165) is 31.8 Å². The van der Waals surface area contributed by atoms with Crippen LogP contribution in [0, 0.1) is 12.8 Å². The normalized spacial score (nSPS) is 26.9. The molecule has 3 rings (SSSR count). The van der Waals surface area contributed by atoms with E-state index in [2.05, 4.69) is 9.88 Å². The summed E-state index contributed by atoms with van der Waals surface area (Å²) >= 11 is 0. The van der Waals surface area contributed by atoms with Crippen molar-refractivity contribution in [2.75, 3.05) is 33.8 Å². The minimum absolute atomic E-state index is 0.0981. The molecule has 2 aliphatic rings. The van der Waals surface area contributed by atoms with Gasteiger partial charge in [0.1, 0.15) is 0 Å². The zero-order chi connectivity index (χ0) is 15.7. The quantitative estimate of drug-likeness (QED) is 0.828. The molecule has 0 N–H and O–H groups in total. The number of fused-ring (bicyclic) bond motifs is 2. The Morgan fingerprint density at radius 2 is 2.23 bits per heavy atom. The number of piperidine rings is 1. The SMILES string of the molecule is Cc1ccc(C(=O)N2C[C@H]3CC[C@H]2[C@@H]3OCCN(C)C)cn1. The van der Waals surface area contributed by atoms with E-state index >= 15 is 0 Å². The number of rotatable bonds is 5. The lowest BCUT2D eigenvalue weighted by Gasteiger charge is -2.27. The van der Waals surface area contributed by atoms with Crippen LogP contribution >= 0.6 is 0 Å². The fourth-order valence-electron chi connectivity index (χ4n) is 3.56. The molecule has 120 valence electrons. The summed E-state index contributed by atoms with van der Waals surface area (Å²) in [5.74, 6) is 0.593. The average molecular weight is 303 g/mol. The summed E-state index contributed by atoms with van der Waals surface area (Å²) in [6.07, 6.45) is 4.13. The van der Waals surface area contributed by atoms with Gasteiger partial charge >= 0.3 is 0 Å². The minimum Gasteiger partial charge on any atom is -0.374 e. The van der Waals surface area contributed by atoms with E-state index < -0.39 is 0 Å². The fourth-order valence-corrected chi connectivity index (χ4v) is 3.56. The van der Waals surface area contributed by atoms with Crippen LogP contribution in [0.1, 0.15) is 28.9 Å². The van der Waals surface area contributed by atoms with Gasteiger partial charge in [-0.15, -0.1) is 0 Å². The number of aromatic nitrogens is 1. The Balaban J connectivity index is 1.64. The number of aryl methyl sites for hydroxylation is 1. The van der Waals surface area contributed by atoms with Crippen LogP contribution in [-0.4, -0.2) is 66.6 Å². The van der Waals surface area contributed by atoms with Crippen molar-refractivity contribution in [1.82, 2.24) is 14.8 Å². The van der Waals surface area contributed by atoms with E-state index in [4.69, 9.17) is 4.74 Å². The van der Waals surface area contributed by atoms with Crippen LogP contribution in [-0.2, 0) is 4.74 Å². The van der Waals surface area contributed by atoms with Crippen LogP contribution in [0.3, 0.4) is 0 Å². The van der Waals surface area contributed by atoms with Gasteiger partial charge in [-0.2, -0.15) is 0 Å². The first kappa shape index (κ1) is 15.4. The van der Waals surface area contributed by atoms with Gasteiger partial charge in [0.2, 0.25) is 0 Å². The standard InChI is InChI=1S/C17H25N3O2/c1-12-4-5-13(10-18-12)17(21)20-11-14-6-7-15(20)16(14)22-9-8-19(2)3/h4-5,10,14-16H,6-9,11H2,1-3H3/t14-,15+,16-/m1/s1. The van der Waals surface area contributed by atoms with Crippen LogP contribution in [0.5, 0.6) is 0 Å². The van der Waals surface area contributed by atoms with Gasteiger partial charge in [0.25, 0.3) is 5.91 Å². The maximum Gasteiger partial charge on any atom is 0.255 e. The summed E-state index contributed by atoms with van der Waals surface area (Å²) in [4.78, 5) is 21.1. The molecule has 22 heavy (non-hydrogen) atoms. The summed E-state index contributed by atoms with van der Waals surface area (Å²) in [6, 6.07) is 4.01. The molecule has 2 fully saturated rings. The molecule has 1 aliphatic carbocycles. The largest absolute Gasteiger partial charge is 0.374 e. The van der Waals surface area contributed by atoms with Crippen LogP contribution in [0.2, 0.25) is 0 Å². The highest BCUT2D eigenvalue weighted by Crippen LogP contribution is 2.40. The van der Waals surface area contributed by atoms with Crippen molar-refractivity contribution in [3.05, 3.63) is 29.6 Å². The predicted molar refractivity (Wildman–Crippen MR) is 84.8 cm³/mol. The van der Waals surface area contributed by atoms with Crippen LogP contribution < -0.4 is 0 Å². The Morgan fingerprint density at radius 3 is 2.91 bits per heavy atom. The van der Waals surface area contributed by atoms with Gasteiger partial charge in [0.05, 0.1) is 24.3 Å². The zero-order valence-electron chi connectivity index (χ0n) is 13.7. The van der Waals surface area contributed by atoms with Gasteiger partial charge < -0.3 is 14.5 Å². The number of likely N-dealkylation sites (tertiary alicyclic amines) is 1. The maximum atomic E-state index is 12.7. The Morgan fingerprint density at radius 1 is 1.41 bits per heavy atom. The molecule has 5 nitrogen and oxygen atoms in total. The van der Waals surface area contributed by atoms with Gasteiger partial charge in [-0.1, -0.05) is 0 Å². The Hall–Kier alpha value is -1.46. The number of nitrogens with zero attached hydrogens (tertiary/aromatic N) is 3. The summed E-state index contributed by atoms with van der Waals surface area (Å²) < 4.78 is 6.09. The van der Waals surface area contributed by atoms with Gasteiger partial charge in [-0.3, -0.25) is 9.78 Å². The molecule has 1 aromatic heterocycles. The van der Waals surface area contributed by atoms with Crippen LogP contribution in [0.15, 0.2) is 18.3 Å². The molecular formula is C17H25N3O2. The topological polar surface area (TPSA) is 45.7 Å². The third kappa shape index (κ3) is 3.01. The number of amides is 1. The van der Waals surface area contributed by atoms with Gasteiger partial charge in [0.15, 0.2) is 0 Å². The van der Waals surface area contributed by atoms with E-state index in [1.165, 1.54) is 6.42 Å². The van der Waals surface area contributed by atoms with E-state index in [-0.39, 0.29) is 18.1 Å². The molecular weight excluding hydrogens is 278 g/mol. The average Bonchev–Trinajstić information content (AvgIpc) is 3.04. The second-order valence-corrected chi connectivity index (χ2v) is 6.69. The number of likely N-dealkylation sites (N-methyl/N-ethyl adjacent to an activating group) is 1. The van der Waals surface area contributed by atoms with Crippen molar-refractivity contribution >= 4 is 5.91 Å². The van der Waals surface area contributed by atoms with Crippen molar-refractivity contribution in [3.63, 3.8) is 0 Å². The monoisotopic (exact) mass is 303 g/mol. The van der Waals surface area contributed by atoms with Crippen LogP contribution in [0.4, 0.5) is 0 Å². The molecule has 3 atom stereocenters. The molecule has 2 heterocycles. The summed E-state index contributed by atoms with van der Waals surface area (Å²) in [5.41, 5.74) is 1.62. The van der Waals surface area contributed by atoms with E-state index in [1.807, 2.05) is 38.1 Å². The van der Waals surface area contributed by atoms with E-state index in [0.29, 0.717) is 11.5 Å². The maximum absolute atomic E-state index is 12.7. The predicted octanol–water partition coefficient (Wildman–Crippen LogP) is 1.57. The summed E-state index contributed by atoms with van der Waals surface area (Å²) in [7, 11) is 4.10. The molecule has 0 aromatic carbocycles. The molecule has 1 saturated carbocycles. The number of pyridine rings is 1. The third-order valence-corrected chi connectivity index (χ3v) is 4.78. The van der Waals surface area contributed by atoms with Gasteiger partial charge in [0, 0.05) is 30.9 Å². The molecule has 0 unspecified atom stereocenters. The van der Waals surface area contributed by atoms with E-state index in [1.54, 1.807) is 6.20 Å². The smallest absolute Gasteiger partial charge is 0.255 e. The molecule has 2 bridgehead atoms. The van der Waals surface area contributed by atoms with Crippen molar-refractivity contribution in [2.24, 2.45) is 5.92 Å². The lowest BCUT2D eigenvalue weighted by Crippen LogP contribution is -2.40. The molecule has 1 aromatic rings. The molecule has 1 saturated heterocycles. The minimum atomic E-state index is 0.0981. The van der Waals surface area contributed by atoms with E-state index in [9.17, 15) is 4.79 Å². The molecule has 0 radical (unpaired) electrons. The first-order valence-corrected chi connectivity index (χ1v) is 8.06. The van der Waals surface area contributed by atoms with Crippen LogP contribution in [0.25, 0.3) is 0 Å². The number of hydrogen-bond donors (Lipinski definition) is 0. The molecule has 0 spiro atoms. The fraction of sp³-hybridized carbons (Fsp3) is 0.647.